The lowest BCUT2D eigenvalue weighted by Crippen LogP contribution is -2.08. The normalized spacial score (nSPS) is 19.9. The molecule has 1 aromatic carbocycles. The van der Waals surface area contributed by atoms with Crippen molar-refractivity contribution < 1.29 is 5.11 Å². The molecule has 0 aliphatic heterocycles. The highest BCUT2D eigenvalue weighted by Gasteiger charge is 2.26. The summed E-state index contributed by atoms with van der Waals surface area (Å²) in [6.07, 6.45) is 7.15. The number of halogens is 1. The van der Waals surface area contributed by atoms with E-state index in [0.717, 1.165) is 16.0 Å². The van der Waals surface area contributed by atoms with Crippen LogP contribution in [-0.4, -0.2) is 5.11 Å². The average Bonchev–Trinajstić information content (AvgIpc) is 2.70. The van der Waals surface area contributed by atoms with Gasteiger partial charge in [0.05, 0.1) is 6.10 Å². The van der Waals surface area contributed by atoms with E-state index in [0.29, 0.717) is 0 Å². The minimum Gasteiger partial charge on any atom is -0.388 e. The van der Waals surface area contributed by atoms with Crippen molar-refractivity contribution in [2.24, 2.45) is 0 Å². The van der Waals surface area contributed by atoms with Crippen LogP contribution in [0.4, 0.5) is 0 Å². The Morgan fingerprint density at radius 2 is 1.71 bits per heavy atom. The van der Waals surface area contributed by atoms with Crippen LogP contribution >= 0.6 is 15.9 Å². The van der Waals surface area contributed by atoms with E-state index in [1.807, 2.05) is 49.9 Å². The Balaban J connectivity index is 2.17. The lowest BCUT2D eigenvalue weighted by molar-refractivity contribution is 0.199. The van der Waals surface area contributed by atoms with Crippen LogP contribution in [0.5, 0.6) is 0 Å². The highest BCUT2D eigenvalue weighted by atomic mass is 79.9. The van der Waals surface area contributed by atoms with Gasteiger partial charge in [-0.15, -0.1) is 0 Å². The quantitative estimate of drug-likeness (QED) is 0.855. The Morgan fingerprint density at radius 3 is 2.36 bits per heavy atom. The molecule has 0 unspecified atom stereocenters. The molecule has 0 spiro atoms. The third-order valence-corrected chi connectivity index (χ3v) is 2.93. The summed E-state index contributed by atoms with van der Waals surface area (Å²) in [6.45, 7) is 0. The zero-order chi connectivity index (χ0) is 9.97. The Labute approximate surface area is 93.3 Å². The van der Waals surface area contributed by atoms with E-state index in [2.05, 4.69) is 15.9 Å². The molecule has 0 saturated heterocycles. The van der Waals surface area contributed by atoms with Crippen molar-refractivity contribution in [1.82, 2.24) is 0 Å². The summed E-state index contributed by atoms with van der Waals surface area (Å²) in [4.78, 5) is 0. The lowest BCUT2D eigenvalue weighted by Gasteiger charge is -2.18. The molecule has 1 fully saturated rings. The molecule has 1 nitrogen and oxygen atoms in total. The molecule has 2 rings (SSSR count). The van der Waals surface area contributed by atoms with Crippen LogP contribution in [0.1, 0.15) is 11.7 Å². The van der Waals surface area contributed by atoms with Crippen molar-refractivity contribution in [1.29, 1.82) is 0 Å². The van der Waals surface area contributed by atoms with E-state index in [4.69, 9.17) is 0 Å². The molecule has 1 aliphatic rings. The molecule has 0 heterocycles. The van der Waals surface area contributed by atoms with Gasteiger partial charge in [0.15, 0.2) is 0 Å². The molecule has 1 N–H and O–H groups in total. The van der Waals surface area contributed by atoms with Crippen molar-refractivity contribution >= 4 is 15.9 Å². The number of aliphatic hydroxyl groups excluding tert-OH is 1. The minimum absolute atomic E-state index is 0.541. The largest absolute Gasteiger partial charge is 0.388 e. The maximum Gasteiger partial charge on any atom is 0.0869 e. The number of hydrogen-bond acceptors (Lipinski definition) is 1. The predicted octanol–water partition coefficient (Wildman–Crippen LogP) is 2.89. The van der Waals surface area contributed by atoms with Crippen LogP contribution in [0.15, 0.2) is 28.7 Å². The molecule has 1 aliphatic carbocycles. The standard InChI is InChI=1S/C12H10BrO/c13-11-8-4-3-7-10(11)12(14)9-5-1-2-6-9/h1-8,12,14H/t12-/m1/s1. The molecule has 1 saturated carbocycles. The summed E-state index contributed by atoms with van der Waals surface area (Å²) >= 11 is 3.42. The van der Waals surface area contributed by atoms with Gasteiger partial charge >= 0.3 is 0 Å². The SMILES string of the molecule is O[C@H]([C]1[CH][CH][CH][CH]1)c1ccccc1Br. The third-order valence-electron chi connectivity index (χ3n) is 2.20. The van der Waals surface area contributed by atoms with Crippen LogP contribution in [0.3, 0.4) is 0 Å². The summed E-state index contributed by atoms with van der Waals surface area (Å²) < 4.78 is 0.939. The second-order valence-corrected chi connectivity index (χ2v) is 4.00. The fourth-order valence-corrected chi connectivity index (χ4v) is 1.95. The minimum atomic E-state index is -0.541. The van der Waals surface area contributed by atoms with Crippen LogP contribution < -0.4 is 0 Å². The molecule has 0 bridgehead atoms. The summed E-state index contributed by atoms with van der Waals surface area (Å²) in [7, 11) is 0. The lowest BCUT2D eigenvalue weighted by atomic mass is 9.94. The van der Waals surface area contributed by atoms with Gasteiger partial charge in [0.2, 0.25) is 0 Å². The second-order valence-electron chi connectivity index (χ2n) is 3.14. The van der Waals surface area contributed by atoms with Crippen LogP contribution in [0.25, 0.3) is 0 Å². The Morgan fingerprint density at radius 1 is 1.07 bits per heavy atom. The monoisotopic (exact) mass is 249 g/mol. The molecule has 14 heavy (non-hydrogen) atoms. The molecule has 1 aromatic rings. The molecule has 5 radical (unpaired) electrons. The van der Waals surface area contributed by atoms with Gasteiger partial charge in [-0.2, -0.15) is 0 Å². The molecule has 0 aromatic heterocycles. The number of aliphatic hydroxyl groups is 1. The summed E-state index contributed by atoms with van der Waals surface area (Å²) in [5.74, 6) is 0.928. The third kappa shape index (κ3) is 2.01. The van der Waals surface area contributed by atoms with E-state index in [1.165, 1.54) is 0 Å². The van der Waals surface area contributed by atoms with E-state index >= 15 is 0 Å². The van der Waals surface area contributed by atoms with Crippen LogP contribution in [0.2, 0.25) is 0 Å². The number of rotatable bonds is 2. The predicted molar refractivity (Wildman–Crippen MR) is 59.5 cm³/mol. The summed E-state index contributed by atoms with van der Waals surface area (Å²) in [5.41, 5.74) is 0.902. The smallest absolute Gasteiger partial charge is 0.0869 e. The van der Waals surface area contributed by atoms with Gasteiger partial charge in [-0.1, -0.05) is 34.1 Å². The van der Waals surface area contributed by atoms with Gasteiger partial charge in [-0.3, -0.25) is 0 Å². The summed E-state index contributed by atoms with van der Waals surface area (Å²) in [6, 6.07) is 7.71. The Bertz CT molecular complexity index is 305. The van der Waals surface area contributed by atoms with Gasteiger partial charge in [0.1, 0.15) is 0 Å². The van der Waals surface area contributed by atoms with E-state index < -0.39 is 6.10 Å². The highest BCUT2D eigenvalue weighted by molar-refractivity contribution is 9.10. The Kier molecular flexibility index (Phi) is 3.24. The van der Waals surface area contributed by atoms with E-state index in [1.54, 1.807) is 0 Å². The van der Waals surface area contributed by atoms with Gasteiger partial charge in [0, 0.05) is 10.4 Å². The zero-order valence-electron chi connectivity index (χ0n) is 7.52. The first-order chi connectivity index (χ1) is 6.79. The van der Waals surface area contributed by atoms with Crippen LogP contribution in [0, 0.1) is 31.6 Å². The van der Waals surface area contributed by atoms with Crippen molar-refractivity contribution in [3.8, 4) is 0 Å². The zero-order valence-corrected chi connectivity index (χ0v) is 9.11. The molecule has 1 atom stereocenters. The van der Waals surface area contributed by atoms with Crippen molar-refractivity contribution in [2.45, 2.75) is 6.10 Å². The van der Waals surface area contributed by atoms with Crippen LogP contribution in [-0.2, 0) is 0 Å². The van der Waals surface area contributed by atoms with Gasteiger partial charge in [-0.05, 0) is 37.3 Å². The fourth-order valence-electron chi connectivity index (χ4n) is 1.45. The van der Waals surface area contributed by atoms with E-state index in [9.17, 15) is 5.11 Å². The van der Waals surface area contributed by atoms with Crippen molar-refractivity contribution in [2.75, 3.05) is 0 Å². The average molecular weight is 250 g/mol. The molecule has 2 heteroatoms. The number of hydrogen-bond donors (Lipinski definition) is 1. The second kappa shape index (κ2) is 4.45. The van der Waals surface area contributed by atoms with Gasteiger partial charge in [0.25, 0.3) is 0 Å². The molecular formula is C12H10BrO. The molecule has 71 valence electrons. The molecule has 0 amide bonds. The highest BCUT2D eigenvalue weighted by Crippen LogP contribution is 2.37. The first-order valence-electron chi connectivity index (χ1n) is 4.43. The summed E-state index contributed by atoms with van der Waals surface area (Å²) in [5, 5.41) is 10.0. The molecular weight excluding hydrogens is 240 g/mol. The van der Waals surface area contributed by atoms with Gasteiger partial charge in [-0.25, -0.2) is 0 Å². The van der Waals surface area contributed by atoms with Crippen molar-refractivity contribution in [3.63, 3.8) is 0 Å². The van der Waals surface area contributed by atoms with Gasteiger partial charge < -0.3 is 5.11 Å². The maximum absolute atomic E-state index is 10.0. The first-order valence-corrected chi connectivity index (χ1v) is 5.22. The van der Waals surface area contributed by atoms with Crippen molar-refractivity contribution in [3.05, 3.63) is 65.9 Å². The first kappa shape index (κ1) is 10.2. The number of benzene rings is 1. The fraction of sp³-hybridized carbons (Fsp3) is 0.0833. The topological polar surface area (TPSA) is 20.2 Å². The maximum atomic E-state index is 10.0. The van der Waals surface area contributed by atoms with E-state index in [-0.39, 0.29) is 0 Å². The Hall–Kier alpha value is -0.340.